The molecule has 0 aliphatic heterocycles. The maximum Gasteiger partial charge on any atom is 0.306 e. The number of unbranched alkanes of at least 4 members (excludes halogenated alkanes) is 20. The second-order valence-corrected chi connectivity index (χ2v) is 16.8. The summed E-state index contributed by atoms with van der Waals surface area (Å²) in [6.45, 7) is 15.4. The average Bonchev–Trinajstić information content (AvgIpc) is 3.23. The highest BCUT2D eigenvalue weighted by molar-refractivity contribution is 5.69. The minimum Gasteiger partial charge on any atom is -0.481 e. The van der Waals surface area contributed by atoms with Gasteiger partial charge in [-0.3, -0.25) is 14.4 Å². The van der Waals surface area contributed by atoms with Crippen molar-refractivity contribution in [2.75, 3.05) is 72.5 Å². The SMILES string of the molecule is CCCCCCOCC(COCCCCCC)OC(=O)CCCCCCCN(CCCCCCCC(=O)OC(COCCCCCC)COCCCCCC)CCC(=O)O. The lowest BCUT2D eigenvalue weighted by molar-refractivity contribution is -0.157. The van der Waals surface area contributed by atoms with Crippen molar-refractivity contribution in [2.24, 2.45) is 0 Å². The van der Waals surface area contributed by atoms with E-state index in [1.54, 1.807) is 0 Å². The Bertz CT molecular complexity index is 842. The molecule has 11 nitrogen and oxygen atoms in total. The molecule has 0 fully saturated rings. The third-order valence-electron chi connectivity index (χ3n) is 10.7. The van der Waals surface area contributed by atoms with E-state index in [0.29, 0.717) is 72.2 Å². The van der Waals surface area contributed by atoms with Crippen LogP contribution < -0.4 is 0 Å². The predicted octanol–water partition coefficient (Wildman–Crippen LogP) is 11.7. The van der Waals surface area contributed by atoms with E-state index in [1.165, 1.54) is 51.4 Å². The van der Waals surface area contributed by atoms with Gasteiger partial charge >= 0.3 is 17.9 Å². The summed E-state index contributed by atoms with van der Waals surface area (Å²) in [4.78, 5) is 38.9. The van der Waals surface area contributed by atoms with Crippen LogP contribution >= 0.6 is 0 Å². The van der Waals surface area contributed by atoms with Crippen LogP contribution in [0.1, 0.15) is 214 Å². The molecule has 0 saturated carbocycles. The molecule has 0 amide bonds. The van der Waals surface area contributed by atoms with Gasteiger partial charge in [0.1, 0.15) is 12.2 Å². The van der Waals surface area contributed by atoms with Gasteiger partial charge in [-0.05, 0) is 64.5 Å². The van der Waals surface area contributed by atoms with E-state index >= 15 is 0 Å². The first-order valence-corrected chi connectivity index (χ1v) is 25.0. The Morgan fingerprint density at radius 3 is 1.00 bits per heavy atom. The first-order chi connectivity index (χ1) is 29.4. The number of hydrogen-bond acceptors (Lipinski definition) is 10. The number of carboxylic acid groups (broad SMARTS) is 1. The summed E-state index contributed by atoms with van der Waals surface area (Å²) < 4.78 is 34.9. The van der Waals surface area contributed by atoms with Gasteiger partial charge < -0.3 is 38.4 Å². The van der Waals surface area contributed by atoms with Crippen molar-refractivity contribution in [3.63, 3.8) is 0 Å². The standard InChI is InChI=1S/C49H95NO10/c1-5-9-13-27-37-55-41-45(42-56-38-28-14-10-6-2)59-48(53)31-23-19-17-21-25-34-50(36-33-47(51)52)35-26-22-18-20-24-32-49(54)60-46(43-57-39-29-15-11-7-3)44-58-40-30-16-12-8-4/h45-46H,5-44H2,1-4H3,(H,51,52). The largest absolute Gasteiger partial charge is 0.481 e. The van der Waals surface area contributed by atoms with E-state index in [2.05, 4.69) is 32.6 Å². The third kappa shape index (κ3) is 42.9. The Hall–Kier alpha value is -1.79. The zero-order valence-corrected chi connectivity index (χ0v) is 39.5. The fraction of sp³-hybridized carbons (Fsp3) is 0.939. The fourth-order valence-corrected chi connectivity index (χ4v) is 6.96. The van der Waals surface area contributed by atoms with Gasteiger partial charge in [0.25, 0.3) is 0 Å². The smallest absolute Gasteiger partial charge is 0.306 e. The predicted molar refractivity (Wildman–Crippen MR) is 244 cm³/mol. The van der Waals surface area contributed by atoms with E-state index in [1.807, 2.05) is 0 Å². The first kappa shape index (κ1) is 58.2. The molecule has 1 N–H and O–H groups in total. The molecule has 356 valence electrons. The molecule has 0 aromatic rings. The van der Waals surface area contributed by atoms with Crippen LogP contribution in [-0.2, 0) is 42.8 Å². The van der Waals surface area contributed by atoms with Gasteiger partial charge in [-0.1, -0.05) is 143 Å². The Balaban J connectivity index is 4.38. The summed E-state index contributed by atoms with van der Waals surface area (Å²) in [5.41, 5.74) is 0. The van der Waals surface area contributed by atoms with Gasteiger partial charge in [-0.25, -0.2) is 0 Å². The Kier molecular flexibility index (Phi) is 45.3. The molecular formula is C49H95NO10. The topological polar surface area (TPSA) is 130 Å². The van der Waals surface area contributed by atoms with Gasteiger partial charge in [-0.2, -0.15) is 0 Å². The molecule has 0 atom stereocenters. The molecule has 11 heteroatoms. The number of ether oxygens (including phenoxy) is 6. The van der Waals surface area contributed by atoms with Crippen molar-refractivity contribution in [2.45, 2.75) is 226 Å². The van der Waals surface area contributed by atoms with Crippen LogP contribution in [0.3, 0.4) is 0 Å². The van der Waals surface area contributed by atoms with Crippen molar-refractivity contribution >= 4 is 17.9 Å². The highest BCUT2D eigenvalue weighted by Crippen LogP contribution is 2.13. The minimum absolute atomic E-state index is 0.147. The van der Waals surface area contributed by atoms with Crippen molar-refractivity contribution in [1.82, 2.24) is 4.90 Å². The van der Waals surface area contributed by atoms with Gasteiger partial charge in [0.2, 0.25) is 0 Å². The molecule has 0 radical (unpaired) electrons. The second-order valence-electron chi connectivity index (χ2n) is 16.8. The highest BCUT2D eigenvalue weighted by Gasteiger charge is 2.17. The number of nitrogens with zero attached hydrogens (tertiary/aromatic N) is 1. The lowest BCUT2D eigenvalue weighted by atomic mass is 10.1. The summed E-state index contributed by atoms with van der Waals surface area (Å²) in [6.07, 6.45) is 28.3. The molecule has 0 aromatic carbocycles. The summed E-state index contributed by atoms with van der Waals surface area (Å²) >= 11 is 0. The lowest BCUT2D eigenvalue weighted by Gasteiger charge is -2.21. The maximum absolute atomic E-state index is 12.7. The number of carbonyl (C=O) groups is 3. The van der Waals surface area contributed by atoms with E-state index in [4.69, 9.17) is 28.4 Å². The van der Waals surface area contributed by atoms with Crippen LogP contribution in [0.4, 0.5) is 0 Å². The number of esters is 2. The number of carboxylic acids is 1. The Morgan fingerprint density at radius 2 is 0.683 bits per heavy atom. The average molecular weight is 858 g/mol. The normalized spacial score (nSPS) is 11.7. The molecule has 0 heterocycles. The van der Waals surface area contributed by atoms with E-state index in [0.717, 1.165) is 129 Å². The Labute approximate surface area is 368 Å². The number of hydrogen-bond donors (Lipinski definition) is 1. The molecule has 0 rings (SSSR count). The van der Waals surface area contributed by atoms with Gasteiger partial charge in [-0.15, -0.1) is 0 Å². The first-order valence-electron chi connectivity index (χ1n) is 25.0. The van der Waals surface area contributed by atoms with Crippen molar-refractivity contribution in [3.05, 3.63) is 0 Å². The molecule has 0 aliphatic carbocycles. The minimum atomic E-state index is -0.766. The number of rotatable bonds is 49. The highest BCUT2D eigenvalue weighted by atomic mass is 16.6. The van der Waals surface area contributed by atoms with Crippen LogP contribution in [0, 0.1) is 0 Å². The second kappa shape index (κ2) is 46.7. The van der Waals surface area contributed by atoms with E-state index in [-0.39, 0.29) is 30.6 Å². The van der Waals surface area contributed by atoms with Crippen LogP contribution in [-0.4, -0.2) is 113 Å². The van der Waals surface area contributed by atoms with Gasteiger partial charge in [0.15, 0.2) is 0 Å². The quantitative estimate of drug-likeness (QED) is 0.0463. The molecule has 0 bridgehead atoms. The van der Waals surface area contributed by atoms with Crippen molar-refractivity contribution in [1.29, 1.82) is 0 Å². The lowest BCUT2D eigenvalue weighted by Crippen LogP contribution is -2.29. The monoisotopic (exact) mass is 858 g/mol. The maximum atomic E-state index is 12.7. The van der Waals surface area contributed by atoms with Crippen molar-refractivity contribution in [3.8, 4) is 0 Å². The van der Waals surface area contributed by atoms with Gasteiger partial charge in [0.05, 0.1) is 32.8 Å². The zero-order chi connectivity index (χ0) is 44.0. The van der Waals surface area contributed by atoms with E-state index < -0.39 is 5.97 Å². The number of aliphatic carboxylic acids is 1. The third-order valence-corrected chi connectivity index (χ3v) is 10.7. The molecule has 0 aliphatic rings. The van der Waals surface area contributed by atoms with Crippen molar-refractivity contribution < 1.29 is 47.9 Å². The van der Waals surface area contributed by atoms with E-state index in [9.17, 15) is 19.5 Å². The summed E-state index contributed by atoms with van der Waals surface area (Å²) in [5.74, 6) is -1.13. The molecule has 0 saturated heterocycles. The van der Waals surface area contributed by atoms with Gasteiger partial charge in [0, 0.05) is 45.8 Å². The zero-order valence-electron chi connectivity index (χ0n) is 39.5. The molecule has 0 spiro atoms. The Morgan fingerprint density at radius 1 is 0.383 bits per heavy atom. The summed E-state index contributed by atoms with van der Waals surface area (Å²) in [7, 11) is 0. The molecular weight excluding hydrogens is 763 g/mol. The number of carbonyl (C=O) groups excluding carboxylic acids is 2. The molecule has 0 aromatic heterocycles. The summed E-state index contributed by atoms with van der Waals surface area (Å²) in [5, 5.41) is 9.30. The van der Waals surface area contributed by atoms with Crippen LogP contribution in [0.2, 0.25) is 0 Å². The molecule has 0 unspecified atom stereocenters. The van der Waals surface area contributed by atoms with Crippen LogP contribution in [0.15, 0.2) is 0 Å². The molecule has 60 heavy (non-hydrogen) atoms. The van der Waals surface area contributed by atoms with Crippen LogP contribution in [0.25, 0.3) is 0 Å². The fourth-order valence-electron chi connectivity index (χ4n) is 6.96. The van der Waals surface area contributed by atoms with Crippen LogP contribution in [0.5, 0.6) is 0 Å². The summed E-state index contributed by atoms with van der Waals surface area (Å²) in [6, 6.07) is 0.